The van der Waals surface area contributed by atoms with Crippen LogP contribution >= 0.6 is 0 Å². The third-order valence-corrected chi connectivity index (χ3v) is 4.17. The second-order valence-corrected chi connectivity index (χ2v) is 6.28. The molecule has 0 amide bonds. The van der Waals surface area contributed by atoms with Gasteiger partial charge in [-0.15, -0.1) is 0 Å². The van der Waals surface area contributed by atoms with Gasteiger partial charge >= 0.3 is 0 Å². The molecule has 0 spiro atoms. The Kier molecular flexibility index (Phi) is 2.81. The van der Waals surface area contributed by atoms with Crippen LogP contribution in [-0.4, -0.2) is 37.3 Å². The van der Waals surface area contributed by atoms with E-state index >= 15 is 0 Å². The first-order chi connectivity index (χ1) is 9.61. The molecule has 4 heteroatoms. The van der Waals surface area contributed by atoms with Gasteiger partial charge < -0.3 is 18.9 Å². The average Bonchev–Trinajstić information content (AvgIpc) is 3.15. The molecule has 108 valence electrons. The second-order valence-electron chi connectivity index (χ2n) is 6.28. The molecule has 2 aliphatic heterocycles. The first-order valence-electron chi connectivity index (χ1n) is 7.31. The molecule has 3 unspecified atom stereocenters. The highest BCUT2D eigenvalue weighted by Crippen LogP contribution is 2.39. The molecule has 0 bridgehead atoms. The maximum absolute atomic E-state index is 6.00. The molecule has 1 aliphatic carbocycles. The lowest BCUT2D eigenvalue weighted by atomic mass is 9.87. The van der Waals surface area contributed by atoms with Crippen LogP contribution in [0.3, 0.4) is 0 Å². The minimum atomic E-state index is -0.472. The Bertz CT molecular complexity index is 521. The smallest absolute Gasteiger partial charge is 0.163 e. The van der Waals surface area contributed by atoms with Crippen LogP contribution in [0.5, 0.6) is 5.75 Å². The molecule has 1 aromatic rings. The molecule has 0 radical (unpaired) electrons. The van der Waals surface area contributed by atoms with Crippen molar-refractivity contribution >= 4 is 0 Å². The third-order valence-electron chi connectivity index (χ3n) is 4.17. The Labute approximate surface area is 119 Å². The molecule has 1 aromatic carbocycles. The van der Waals surface area contributed by atoms with Gasteiger partial charge in [-0.1, -0.05) is 12.1 Å². The Morgan fingerprint density at radius 3 is 2.70 bits per heavy atom. The monoisotopic (exact) mass is 276 g/mol. The van der Waals surface area contributed by atoms with Gasteiger partial charge in [0.05, 0.1) is 18.8 Å². The van der Waals surface area contributed by atoms with E-state index in [2.05, 4.69) is 12.1 Å². The van der Waals surface area contributed by atoms with Crippen molar-refractivity contribution in [1.82, 2.24) is 0 Å². The summed E-state index contributed by atoms with van der Waals surface area (Å²) in [5.41, 5.74) is 2.59. The first kappa shape index (κ1) is 12.6. The third kappa shape index (κ3) is 2.32. The summed E-state index contributed by atoms with van der Waals surface area (Å²) in [6, 6.07) is 6.27. The molecule has 0 N–H and O–H groups in total. The summed E-state index contributed by atoms with van der Waals surface area (Å²) in [6.45, 7) is 5.44. The SMILES string of the molecule is CC1(C)OC2Cc3cccc(OCC4CO4)c3CC2O1. The van der Waals surface area contributed by atoms with Gasteiger partial charge in [0.2, 0.25) is 0 Å². The molecular formula is C16H20O4. The summed E-state index contributed by atoms with van der Waals surface area (Å²) in [4.78, 5) is 0. The van der Waals surface area contributed by atoms with Crippen LogP contribution < -0.4 is 4.74 Å². The predicted molar refractivity (Wildman–Crippen MR) is 72.9 cm³/mol. The Balaban J connectivity index is 1.57. The normalized spacial score (nSPS) is 33.4. The van der Waals surface area contributed by atoms with Crippen molar-refractivity contribution in [2.24, 2.45) is 0 Å². The summed E-state index contributed by atoms with van der Waals surface area (Å²) in [5.74, 6) is 0.505. The number of fused-ring (bicyclic) bond motifs is 2. The van der Waals surface area contributed by atoms with E-state index in [1.807, 2.05) is 19.9 Å². The van der Waals surface area contributed by atoms with E-state index in [0.717, 1.165) is 25.2 Å². The van der Waals surface area contributed by atoms with E-state index in [-0.39, 0.29) is 18.3 Å². The Morgan fingerprint density at radius 2 is 1.95 bits per heavy atom. The van der Waals surface area contributed by atoms with Crippen molar-refractivity contribution in [3.8, 4) is 5.75 Å². The molecule has 20 heavy (non-hydrogen) atoms. The van der Waals surface area contributed by atoms with Crippen LogP contribution in [0.4, 0.5) is 0 Å². The van der Waals surface area contributed by atoms with Gasteiger partial charge in [0, 0.05) is 18.4 Å². The van der Waals surface area contributed by atoms with Gasteiger partial charge in [-0.25, -0.2) is 0 Å². The quantitative estimate of drug-likeness (QED) is 0.793. The zero-order chi connectivity index (χ0) is 13.7. The Hall–Kier alpha value is -1.10. The van der Waals surface area contributed by atoms with Gasteiger partial charge in [0.1, 0.15) is 18.5 Å². The van der Waals surface area contributed by atoms with Crippen LogP contribution in [0, 0.1) is 0 Å². The van der Waals surface area contributed by atoms with Crippen LogP contribution in [0.2, 0.25) is 0 Å². The van der Waals surface area contributed by atoms with Gasteiger partial charge in [-0.2, -0.15) is 0 Å². The molecule has 3 aliphatic rings. The van der Waals surface area contributed by atoms with Gasteiger partial charge in [-0.3, -0.25) is 0 Å². The van der Waals surface area contributed by atoms with Crippen LogP contribution in [-0.2, 0) is 27.1 Å². The summed E-state index contributed by atoms with van der Waals surface area (Å²) in [7, 11) is 0. The first-order valence-corrected chi connectivity index (χ1v) is 7.31. The summed E-state index contributed by atoms with van der Waals surface area (Å²) < 4.78 is 23.1. The fourth-order valence-electron chi connectivity index (χ4n) is 3.19. The molecule has 2 fully saturated rings. The zero-order valence-electron chi connectivity index (χ0n) is 11.9. The molecule has 4 rings (SSSR count). The van der Waals surface area contributed by atoms with Gasteiger partial charge in [-0.05, 0) is 25.5 Å². The average molecular weight is 276 g/mol. The summed E-state index contributed by atoms with van der Waals surface area (Å²) in [5, 5.41) is 0. The maximum Gasteiger partial charge on any atom is 0.163 e. The maximum atomic E-state index is 6.00. The fourth-order valence-corrected chi connectivity index (χ4v) is 3.19. The number of epoxide rings is 1. The molecule has 2 saturated heterocycles. The number of hydrogen-bond acceptors (Lipinski definition) is 4. The van der Waals surface area contributed by atoms with Crippen LogP contribution in [0.25, 0.3) is 0 Å². The van der Waals surface area contributed by atoms with E-state index in [0.29, 0.717) is 6.61 Å². The van der Waals surface area contributed by atoms with E-state index in [1.54, 1.807) is 0 Å². The van der Waals surface area contributed by atoms with Gasteiger partial charge in [0.25, 0.3) is 0 Å². The minimum Gasteiger partial charge on any atom is -0.490 e. The molecule has 2 heterocycles. The topological polar surface area (TPSA) is 40.2 Å². The number of ether oxygens (including phenoxy) is 4. The lowest BCUT2D eigenvalue weighted by Crippen LogP contribution is -2.32. The lowest BCUT2D eigenvalue weighted by Gasteiger charge is -2.26. The summed E-state index contributed by atoms with van der Waals surface area (Å²) >= 11 is 0. The lowest BCUT2D eigenvalue weighted by molar-refractivity contribution is -0.145. The van der Waals surface area contributed by atoms with Crippen molar-refractivity contribution in [3.63, 3.8) is 0 Å². The molecule has 0 aromatic heterocycles. The molecule has 0 saturated carbocycles. The van der Waals surface area contributed by atoms with E-state index in [9.17, 15) is 0 Å². The molecule has 3 atom stereocenters. The standard InChI is InChI=1S/C16H20O4/c1-16(2)19-14-6-10-4-3-5-13(18-9-11-8-17-11)12(10)7-15(14)20-16/h3-5,11,14-15H,6-9H2,1-2H3. The van der Waals surface area contributed by atoms with Crippen LogP contribution in [0.1, 0.15) is 25.0 Å². The van der Waals surface area contributed by atoms with Crippen molar-refractivity contribution in [2.75, 3.05) is 13.2 Å². The second kappa shape index (κ2) is 4.45. The van der Waals surface area contributed by atoms with Crippen molar-refractivity contribution in [3.05, 3.63) is 29.3 Å². The number of benzene rings is 1. The highest BCUT2D eigenvalue weighted by atomic mass is 16.7. The number of rotatable bonds is 3. The van der Waals surface area contributed by atoms with E-state index in [4.69, 9.17) is 18.9 Å². The van der Waals surface area contributed by atoms with Gasteiger partial charge in [0.15, 0.2) is 5.79 Å². The molecule has 4 nitrogen and oxygen atoms in total. The largest absolute Gasteiger partial charge is 0.490 e. The van der Waals surface area contributed by atoms with Crippen molar-refractivity contribution in [1.29, 1.82) is 0 Å². The van der Waals surface area contributed by atoms with Crippen LogP contribution in [0.15, 0.2) is 18.2 Å². The number of hydrogen-bond donors (Lipinski definition) is 0. The Morgan fingerprint density at radius 1 is 1.20 bits per heavy atom. The zero-order valence-corrected chi connectivity index (χ0v) is 11.9. The van der Waals surface area contributed by atoms with Crippen molar-refractivity contribution in [2.45, 2.75) is 50.8 Å². The highest BCUT2D eigenvalue weighted by molar-refractivity contribution is 5.43. The van der Waals surface area contributed by atoms with E-state index < -0.39 is 5.79 Å². The molecular weight excluding hydrogens is 256 g/mol. The van der Waals surface area contributed by atoms with Crippen molar-refractivity contribution < 1.29 is 18.9 Å². The summed E-state index contributed by atoms with van der Waals surface area (Å²) in [6.07, 6.45) is 2.36. The fraction of sp³-hybridized carbons (Fsp3) is 0.625. The highest BCUT2D eigenvalue weighted by Gasteiger charge is 2.44. The van der Waals surface area contributed by atoms with E-state index in [1.165, 1.54) is 11.1 Å². The minimum absolute atomic E-state index is 0.138. The predicted octanol–water partition coefficient (Wildman–Crippen LogP) is 2.08.